The van der Waals surface area contributed by atoms with Crippen LogP contribution in [0.15, 0.2) is 35.4 Å². The van der Waals surface area contributed by atoms with Crippen LogP contribution in [-0.2, 0) is 20.9 Å². The third kappa shape index (κ3) is 3.92. The van der Waals surface area contributed by atoms with Crippen LogP contribution in [0.3, 0.4) is 0 Å². The summed E-state index contributed by atoms with van der Waals surface area (Å²) in [5.74, 6) is -1.32. The molecule has 0 aliphatic heterocycles. The Labute approximate surface area is 164 Å². The topological polar surface area (TPSA) is 114 Å². The highest BCUT2D eigenvalue weighted by atomic mass is 32.1. The molecular weight excluding hydrogens is 380 g/mol. The smallest absolute Gasteiger partial charge is 0.326 e. The second-order valence-corrected chi connectivity index (χ2v) is 7.21. The SMILES string of the molecule is Cc1sc2ncn(CC(=O)OCC(=O)Nc3ccccc3C#N)c(=O)c2c1C. The van der Waals surface area contributed by atoms with Crippen molar-refractivity contribution in [3.63, 3.8) is 0 Å². The first kappa shape index (κ1) is 19.3. The standard InChI is InChI=1S/C19H16N4O4S/c1-11-12(2)28-18-17(11)19(26)23(10-21-18)8-16(25)27-9-15(24)22-14-6-4-3-5-13(14)7-20/h3-6,10H,8-9H2,1-2H3,(H,22,24). The van der Waals surface area contributed by atoms with E-state index in [-0.39, 0.29) is 12.1 Å². The average Bonchev–Trinajstić information content (AvgIpc) is 2.97. The van der Waals surface area contributed by atoms with Crippen molar-refractivity contribution in [3.8, 4) is 6.07 Å². The number of aryl methyl sites for hydroxylation is 2. The van der Waals surface area contributed by atoms with E-state index in [1.165, 1.54) is 17.7 Å². The van der Waals surface area contributed by atoms with Crippen molar-refractivity contribution in [1.29, 1.82) is 5.26 Å². The third-order valence-electron chi connectivity index (χ3n) is 4.14. The fourth-order valence-electron chi connectivity index (χ4n) is 2.59. The molecule has 0 radical (unpaired) electrons. The number of nitrogens with one attached hydrogen (secondary N) is 1. The summed E-state index contributed by atoms with van der Waals surface area (Å²) in [5.41, 5.74) is 1.15. The molecule has 3 rings (SSSR count). The quantitative estimate of drug-likeness (QED) is 0.661. The third-order valence-corrected chi connectivity index (χ3v) is 5.26. The number of anilines is 1. The molecule has 3 aromatic rings. The zero-order valence-electron chi connectivity index (χ0n) is 15.2. The van der Waals surface area contributed by atoms with Gasteiger partial charge in [0, 0.05) is 4.88 Å². The van der Waals surface area contributed by atoms with Gasteiger partial charge in [0.2, 0.25) is 0 Å². The van der Waals surface area contributed by atoms with E-state index >= 15 is 0 Å². The maximum Gasteiger partial charge on any atom is 0.326 e. The fourth-order valence-corrected chi connectivity index (χ4v) is 3.58. The van der Waals surface area contributed by atoms with Crippen molar-refractivity contribution >= 4 is 39.1 Å². The molecule has 0 unspecified atom stereocenters. The zero-order valence-corrected chi connectivity index (χ0v) is 16.0. The van der Waals surface area contributed by atoms with Gasteiger partial charge in [-0.15, -0.1) is 11.3 Å². The van der Waals surface area contributed by atoms with Crippen LogP contribution in [0.4, 0.5) is 5.69 Å². The van der Waals surface area contributed by atoms with Crippen LogP contribution in [0.5, 0.6) is 0 Å². The summed E-state index contributed by atoms with van der Waals surface area (Å²) in [5, 5.41) is 12.0. The van der Waals surface area contributed by atoms with Crippen LogP contribution >= 0.6 is 11.3 Å². The fraction of sp³-hybridized carbons (Fsp3) is 0.211. The summed E-state index contributed by atoms with van der Waals surface area (Å²) in [6.07, 6.45) is 1.30. The molecule has 142 valence electrons. The minimum Gasteiger partial charge on any atom is -0.454 e. The molecule has 0 aliphatic rings. The number of carbonyl (C=O) groups is 2. The van der Waals surface area contributed by atoms with Gasteiger partial charge in [-0.05, 0) is 31.5 Å². The van der Waals surface area contributed by atoms with Gasteiger partial charge in [0.15, 0.2) is 6.61 Å². The van der Waals surface area contributed by atoms with E-state index in [1.54, 1.807) is 24.3 Å². The Morgan fingerprint density at radius 3 is 2.82 bits per heavy atom. The highest BCUT2D eigenvalue weighted by molar-refractivity contribution is 7.18. The predicted octanol–water partition coefficient (Wildman–Crippen LogP) is 2.13. The Balaban J connectivity index is 1.63. The van der Waals surface area contributed by atoms with Crippen LogP contribution in [0.25, 0.3) is 10.2 Å². The van der Waals surface area contributed by atoms with Crippen LogP contribution in [0.1, 0.15) is 16.0 Å². The van der Waals surface area contributed by atoms with Gasteiger partial charge in [-0.3, -0.25) is 19.0 Å². The summed E-state index contributed by atoms with van der Waals surface area (Å²) in [7, 11) is 0. The van der Waals surface area contributed by atoms with Gasteiger partial charge >= 0.3 is 5.97 Å². The number of para-hydroxylation sites is 1. The van der Waals surface area contributed by atoms with E-state index < -0.39 is 18.5 Å². The van der Waals surface area contributed by atoms with Crippen molar-refractivity contribution in [3.05, 3.63) is 57.0 Å². The number of thiophene rings is 1. The molecule has 2 aromatic heterocycles. The molecule has 28 heavy (non-hydrogen) atoms. The Morgan fingerprint density at radius 2 is 2.07 bits per heavy atom. The molecule has 1 N–H and O–H groups in total. The highest BCUT2D eigenvalue weighted by Gasteiger charge is 2.15. The second-order valence-electron chi connectivity index (χ2n) is 6.01. The highest BCUT2D eigenvalue weighted by Crippen LogP contribution is 2.25. The summed E-state index contributed by atoms with van der Waals surface area (Å²) >= 11 is 1.42. The van der Waals surface area contributed by atoms with Gasteiger partial charge in [0.1, 0.15) is 17.4 Å². The van der Waals surface area contributed by atoms with Crippen LogP contribution in [-0.4, -0.2) is 28.0 Å². The molecule has 0 aliphatic carbocycles. The number of rotatable bonds is 5. The molecule has 0 bridgehead atoms. The molecule has 1 amide bonds. The number of esters is 1. The molecule has 8 nitrogen and oxygen atoms in total. The normalized spacial score (nSPS) is 10.5. The lowest BCUT2D eigenvalue weighted by atomic mass is 10.2. The van der Waals surface area contributed by atoms with Gasteiger partial charge in [-0.25, -0.2) is 4.98 Å². The number of aromatic nitrogens is 2. The van der Waals surface area contributed by atoms with Gasteiger partial charge in [-0.2, -0.15) is 5.26 Å². The van der Waals surface area contributed by atoms with Crippen molar-refractivity contribution in [1.82, 2.24) is 9.55 Å². The summed E-state index contributed by atoms with van der Waals surface area (Å²) in [6.45, 7) is 2.86. The van der Waals surface area contributed by atoms with Crippen molar-refractivity contribution < 1.29 is 14.3 Å². The number of benzene rings is 1. The second kappa shape index (κ2) is 8.02. The minimum absolute atomic E-state index is 0.300. The number of fused-ring (bicyclic) bond motifs is 1. The average molecular weight is 396 g/mol. The van der Waals surface area contributed by atoms with E-state index in [4.69, 9.17) is 10.00 Å². The number of ether oxygens (including phenoxy) is 1. The zero-order chi connectivity index (χ0) is 20.3. The molecule has 9 heteroatoms. The monoisotopic (exact) mass is 396 g/mol. The van der Waals surface area contributed by atoms with Crippen molar-refractivity contribution in [2.45, 2.75) is 20.4 Å². The van der Waals surface area contributed by atoms with Crippen LogP contribution < -0.4 is 10.9 Å². The number of nitriles is 1. The Hall–Kier alpha value is -3.51. The lowest BCUT2D eigenvalue weighted by molar-refractivity contribution is -0.147. The lowest BCUT2D eigenvalue weighted by Crippen LogP contribution is -2.28. The van der Waals surface area contributed by atoms with Gasteiger partial charge < -0.3 is 10.1 Å². The lowest BCUT2D eigenvalue weighted by Gasteiger charge is -2.08. The van der Waals surface area contributed by atoms with Gasteiger partial charge in [-0.1, -0.05) is 12.1 Å². The van der Waals surface area contributed by atoms with E-state index in [0.717, 1.165) is 15.0 Å². The molecule has 1 aromatic carbocycles. The van der Waals surface area contributed by atoms with E-state index in [1.807, 2.05) is 19.9 Å². The molecule has 0 atom stereocenters. The molecule has 0 saturated carbocycles. The minimum atomic E-state index is -0.739. The van der Waals surface area contributed by atoms with Crippen molar-refractivity contribution in [2.24, 2.45) is 0 Å². The molecule has 2 heterocycles. The number of amides is 1. The number of nitrogens with zero attached hydrogens (tertiary/aromatic N) is 3. The van der Waals surface area contributed by atoms with Gasteiger partial charge in [0.25, 0.3) is 11.5 Å². The first-order valence-electron chi connectivity index (χ1n) is 8.30. The Morgan fingerprint density at radius 1 is 1.32 bits per heavy atom. The van der Waals surface area contributed by atoms with Crippen LogP contribution in [0, 0.1) is 25.2 Å². The van der Waals surface area contributed by atoms with E-state index in [2.05, 4.69) is 10.3 Å². The Bertz CT molecular complexity index is 1170. The van der Waals surface area contributed by atoms with Crippen LogP contribution in [0.2, 0.25) is 0 Å². The predicted molar refractivity (Wildman–Crippen MR) is 104 cm³/mol. The maximum absolute atomic E-state index is 12.6. The maximum atomic E-state index is 12.6. The first-order valence-corrected chi connectivity index (χ1v) is 9.12. The Kier molecular flexibility index (Phi) is 5.52. The molecular formula is C19H16N4O4S. The van der Waals surface area contributed by atoms with Crippen molar-refractivity contribution in [2.75, 3.05) is 11.9 Å². The van der Waals surface area contributed by atoms with E-state index in [9.17, 15) is 14.4 Å². The summed E-state index contributed by atoms with van der Waals surface area (Å²) in [4.78, 5) is 42.4. The number of hydrogen-bond donors (Lipinski definition) is 1. The summed E-state index contributed by atoms with van der Waals surface area (Å²) in [6, 6.07) is 8.44. The molecule has 0 fully saturated rings. The van der Waals surface area contributed by atoms with E-state index in [0.29, 0.717) is 21.5 Å². The summed E-state index contributed by atoms with van der Waals surface area (Å²) < 4.78 is 6.10. The molecule has 0 saturated heterocycles. The molecule has 0 spiro atoms. The number of carbonyl (C=O) groups excluding carboxylic acids is 2. The van der Waals surface area contributed by atoms with Gasteiger partial charge in [0.05, 0.1) is 23.0 Å². The largest absolute Gasteiger partial charge is 0.454 e. The first-order chi connectivity index (χ1) is 13.4. The number of hydrogen-bond acceptors (Lipinski definition) is 7.